The number of aliphatic hydroxyl groups is 3. The van der Waals surface area contributed by atoms with Crippen LogP contribution in [-0.4, -0.2) is 177 Å². The standard InChI is InChI=1S/C47H56N4O19/c1-5-50(19-65-38-31-36-35(67-36)30-23-18-63-42(61)22(23)10-13-45(30,4)47(31)40(70-47)39-46(38,69-39)20(2)3)44(62)64-17-21-6-7-25(66-43-34(58)32(56)33(57)37(68-43)41(59)60)24(16-21)49-27(53)11-14-48-26(52)12-15-51-28(54)8-9-29(51)55/h6-9,16,20,30-40,43,56-58H,5,10-15,17-19H2,1-4H3,(H,48,52)(H,49,53)(H,59,60)/t30-,31?,32?,33+,34+,35+,36-,37?,38+,39+,40?,43-,45+,46-,47-/m1/s1. The first-order valence-electron chi connectivity index (χ1n) is 23.6. The first-order chi connectivity index (χ1) is 33.4. The van der Waals surface area contributed by atoms with Gasteiger partial charge in [0.25, 0.3) is 11.8 Å². The van der Waals surface area contributed by atoms with Crippen molar-refractivity contribution in [3.05, 3.63) is 47.1 Å². The van der Waals surface area contributed by atoms with Crippen LogP contribution in [0.5, 0.6) is 5.75 Å². The zero-order valence-corrected chi connectivity index (χ0v) is 38.8. The number of nitrogens with zero attached hydrogens (tertiary/aromatic N) is 2. The van der Waals surface area contributed by atoms with Crippen molar-refractivity contribution >= 4 is 47.3 Å². The summed E-state index contributed by atoms with van der Waals surface area (Å²) in [5.41, 5.74) is 0.350. The van der Waals surface area contributed by atoms with Gasteiger partial charge < -0.3 is 69.0 Å². The molecule has 23 heteroatoms. The van der Waals surface area contributed by atoms with Crippen LogP contribution >= 0.6 is 0 Å². The highest BCUT2D eigenvalue weighted by molar-refractivity contribution is 6.13. The van der Waals surface area contributed by atoms with E-state index in [-0.39, 0.29) is 117 Å². The summed E-state index contributed by atoms with van der Waals surface area (Å²) in [7, 11) is 0. The molecule has 4 saturated heterocycles. The van der Waals surface area contributed by atoms with Crippen LogP contribution in [0.1, 0.15) is 58.9 Å². The number of benzene rings is 1. The fourth-order valence-corrected chi connectivity index (χ4v) is 12.1. The van der Waals surface area contributed by atoms with E-state index in [4.69, 9.17) is 37.9 Å². The number of hydrogen-bond acceptors (Lipinski definition) is 18. The van der Waals surface area contributed by atoms with Gasteiger partial charge in [0, 0.05) is 67.5 Å². The quantitative estimate of drug-likeness (QED) is 0.0502. The summed E-state index contributed by atoms with van der Waals surface area (Å²) >= 11 is 0. The average molecular weight is 981 g/mol. The normalized spacial score (nSPS) is 38.1. The van der Waals surface area contributed by atoms with E-state index in [0.29, 0.717) is 18.4 Å². The van der Waals surface area contributed by atoms with E-state index in [0.717, 1.165) is 28.2 Å². The molecule has 15 atom stereocenters. The van der Waals surface area contributed by atoms with E-state index in [9.17, 15) is 54.0 Å². The second-order valence-electron chi connectivity index (χ2n) is 19.8. The Morgan fingerprint density at radius 3 is 2.43 bits per heavy atom. The number of epoxide rings is 3. The number of aliphatic hydroxyl groups excluding tert-OH is 3. The first-order valence-corrected chi connectivity index (χ1v) is 23.6. The summed E-state index contributed by atoms with van der Waals surface area (Å²) in [5, 5.41) is 46.0. The lowest BCUT2D eigenvalue weighted by molar-refractivity contribution is -0.271. The molecule has 378 valence electrons. The number of hydrogen-bond donors (Lipinski definition) is 6. The topological polar surface area (TPSA) is 315 Å². The summed E-state index contributed by atoms with van der Waals surface area (Å²) in [6.07, 6.45) is -8.70. The molecule has 0 aromatic heterocycles. The summed E-state index contributed by atoms with van der Waals surface area (Å²) < 4.78 is 49.1. The third kappa shape index (κ3) is 7.67. The lowest BCUT2D eigenvalue weighted by atomic mass is 9.47. The largest absolute Gasteiger partial charge is 0.479 e. The van der Waals surface area contributed by atoms with E-state index < -0.39 is 83.7 Å². The van der Waals surface area contributed by atoms with E-state index in [1.165, 1.54) is 23.1 Å². The van der Waals surface area contributed by atoms with Crippen molar-refractivity contribution in [1.29, 1.82) is 0 Å². The van der Waals surface area contributed by atoms with Crippen molar-refractivity contribution in [1.82, 2.24) is 15.1 Å². The SMILES string of the molecule is CCN(CO[C@H]1C2[C@H]3O[C@H]3[C@H]3C4=C(CC[C@]3(C)[C@@]23OC3[C@@H]2O[C@@]21C(C)C)C(=O)OC4)C(=O)OCc1ccc(O[C@@H]2OC(C(=O)O)[C@@H](O)C(O)[C@@H]2O)c(NC(=O)CCNC(=O)CCN2C(=O)C=CC2=O)c1. The predicted octanol–water partition coefficient (Wildman–Crippen LogP) is -0.370. The minimum atomic E-state index is -1.99. The highest BCUT2D eigenvalue weighted by Gasteiger charge is 2.93. The number of carbonyl (C=O) groups is 7. The molecule has 5 amide bonds. The van der Waals surface area contributed by atoms with Crippen molar-refractivity contribution < 1.29 is 91.9 Å². The van der Waals surface area contributed by atoms with Gasteiger partial charge in [-0.1, -0.05) is 26.8 Å². The Labute approximate surface area is 400 Å². The number of carbonyl (C=O) groups excluding carboxylic acids is 6. The second-order valence-corrected chi connectivity index (χ2v) is 19.8. The van der Waals surface area contributed by atoms with Gasteiger partial charge >= 0.3 is 18.0 Å². The predicted molar refractivity (Wildman–Crippen MR) is 231 cm³/mol. The fourth-order valence-electron chi connectivity index (χ4n) is 12.1. The highest BCUT2D eigenvalue weighted by atomic mass is 16.7. The summed E-state index contributed by atoms with van der Waals surface area (Å²) in [5.74, 6) is -4.56. The number of imide groups is 1. The molecule has 6 heterocycles. The maximum Gasteiger partial charge on any atom is 0.411 e. The van der Waals surface area contributed by atoms with Crippen LogP contribution in [0.15, 0.2) is 41.5 Å². The molecule has 2 saturated carbocycles. The number of rotatable bonds is 17. The zero-order chi connectivity index (χ0) is 49.8. The van der Waals surface area contributed by atoms with Gasteiger partial charge in [0.15, 0.2) is 6.10 Å². The number of fused-ring (bicyclic) bond motifs is 7. The van der Waals surface area contributed by atoms with Gasteiger partial charge in [0.05, 0.1) is 24.0 Å². The van der Waals surface area contributed by atoms with Gasteiger partial charge in [0.1, 0.15) is 67.4 Å². The molecular formula is C47H56N4O19. The summed E-state index contributed by atoms with van der Waals surface area (Å²) in [4.78, 5) is 89.9. The monoisotopic (exact) mass is 980 g/mol. The fraction of sp³-hybridized carbons (Fsp3) is 0.638. The smallest absolute Gasteiger partial charge is 0.411 e. The highest BCUT2D eigenvalue weighted by Crippen LogP contribution is 2.79. The number of amides is 5. The maximum atomic E-state index is 13.8. The molecule has 0 radical (unpaired) electrons. The molecule has 1 aromatic rings. The molecule has 10 rings (SSSR count). The Hall–Kier alpha value is -5.53. The number of carboxylic acids is 1. The molecule has 23 nitrogen and oxygen atoms in total. The Morgan fingerprint density at radius 2 is 1.71 bits per heavy atom. The minimum absolute atomic E-state index is 0.0308. The summed E-state index contributed by atoms with van der Waals surface area (Å²) in [6, 6.07) is 4.19. The lowest BCUT2D eigenvalue weighted by Gasteiger charge is -2.54. The molecule has 0 bridgehead atoms. The minimum Gasteiger partial charge on any atom is -0.479 e. The second kappa shape index (κ2) is 17.6. The number of cyclic esters (lactones) is 1. The molecule has 6 aliphatic heterocycles. The van der Waals surface area contributed by atoms with Crippen molar-refractivity contribution in [3.8, 4) is 5.75 Å². The van der Waals surface area contributed by atoms with Crippen LogP contribution < -0.4 is 15.4 Å². The van der Waals surface area contributed by atoms with Gasteiger partial charge in [-0.05, 0) is 49.0 Å². The van der Waals surface area contributed by atoms with Gasteiger partial charge in [0.2, 0.25) is 18.1 Å². The number of nitrogens with one attached hydrogen (secondary N) is 2. The van der Waals surface area contributed by atoms with Gasteiger partial charge in [-0.25, -0.2) is 14.4 Å². The number of anilines is 1. The molecule has 1 aromatic carbocycles. The molecular weight excluding hydrogens is 925 g/mol. The van der Waals surface area contributed by atoms with Crippen molar-refractivity contribution in [2.24, 2.45) is 23.2 Å². The van der Waals surface area contributed by atoms with Crippen LogP contribution in [0.3, 0.4) is 0 Å². The van der Waals surface area contributed by atoms with Crippen LogP contribution in [0.4, 0.5) is 10.5 Å². The van der Waals surface area contributed by atoms with Crippen molar-refractivity contribution in [2.45, 2.75) is 132 Å². The maximum absolute atomic E-state index is 13.8. The van der Waals surface area contributed by atoms with Crippen molar-refractivity contribution in [3.63, 3.8) is 0 Å². The van der Waals surface area contributed by atoms with Crippen LogP contribution in [0.25, 0.3) is 0 Å². The average Bonchev–Trinajstić information content (AvgIpc) is 4.26. The Kier molecular flexibility index (Phi) is 12.1. The molecule has 3 aliphatic carbocycles. The number of esters is 1. The molecule has 6 N–H and O–H groups in total. The number of aliphatic carboxylic acids is 1. The third-order valence-electron chi connectivity index (χ3n) is 15.9. The van der Waals surface area contributed by atoms with E-state index in [2.05, 4.69) is 31.4 Å². The van der Waals surface area contributed by atoms with Crippen molar-refractivity contribution in [2.75, 3.05) is 38.3 Å². The Balaban J connectivity index is 0.809. The zero-order valence-electron chi connectivity index (χ0n) is 38.8. The van der Waals surface area contributed by atoms with E-state index >= 15 is 0 Å². The van der Waals surface area contributed by atoms with Gasteiger partial charge in [-0.3, -0.25) is 29.0 Å². The molecule has 9 aliphatic rings. The van der Waals surface area contributed by atoms with E-state index in [1.807, 2.05) is 0 Å². The van der Waals surface area contributed by atoms with Crippen LogP contribution in [-0.2, 0) is 68.5 Å². The molecule has 6 fully saturated rings. The Morgan fingerprint density at radius 1 is 0.957 bits per heavy atom. The van der Waals surface area contributed by atoms with E-state index in [1.54, 1.807) is 6.92 Å². The van der Waals surface area contributed by atoms with Crippen LogP contribution in [0.2, 0.25) is 0 Å². The third-order valence-corrected chi connectivity index (χ3v) is 15.9. The summed E-state index contributed by atoms with van der Waals surface area (Å²) in [6.45, 7) is 7.82. The molecule has 70 heavy (non-hydrogen) atoms. The molecule has 4 unspecified atom stereocenters. The van der Waals surface area contributed by atoms with Gasteiger partial charge in [-0.2, -0.15) is 0 Å². The first kappa shape index (κ1) is 48.1. The number of ether oxygens (including phenoxy) is 8. The Bertz CT molecular complexity index is 2450. The van der Waals surface area contributed by atoms with Gasteiger partial charge in [-0.15, -0.1) is 0 Å². The number of carboxylic acid groups (broad SMARTS) is 1. The molecule has 1 spiro atoms. The van der Waals surface area contributed by atoms with Crippen LogP contribution in [0, 0.1) is 23.2 Å². The lowest BCUT2D eigenvalue weighted by Crippen LogP contribution is -2.66.